The fourth-order valence-corrected chi connectivity index (χ4v) is 3.15. The molecule has 1 aromatic rings. The van der Waals surface area contributed by atoms with E-state index in [0.717, 1.165) is 6.42 Å². The largest absolute Gasteiger partial charge is 0.468 e. The molecule has 6 heteroatoms. The van der Waals surface area contributed by atoms with Gasteiger partial charge in [0, 0.05) is 18.3 Å². The second-order valence-electron chi connectivity index (χ2n) is 4.53. The fourth-order valence-electron chi connectivity index (χ4n) is 2.10. The summed E-state index contributed by atoms with van der Waals surface area (Å²) in [4.78, 5) is 24.9. The predicted octanol–water partition coefficient (Wildman–Crippen LogP) is 1.95. The van der Waals surface area contributed by atoms with Crippen molar-refractivity contribution in [3.8, 4) is 0 Å². The monoisotopic (exact) mass is 297 g/mol. The maximum atomic E-state index is 13.6. The van der Waals surface area contributed by atoms with Gasteiger partial charge in [0.15, 0.2) is 0 Å². The van der Waals surface area contributed by atoms with Crippen LogP contribution in [-0.4, -0.2) is 48.0 Å². The lowest BCUT2D eigenvalue weighted by Crippen LogP contribution is -2.30. The van der Waals surface area contributed by atoms with Crippen LogP contribution in [0.5, 0.6) is 0 Å². The highest BCUT2D eigenvalue weighted by Gasteiger charge is 2.28. The Kier molecular flexibility index (Phi) is 5.00. The number of carbonyl (C=O) groups is 2. The van der Waals surface area contributed by atoms with E-state index in [1.165, 1.54) is 31.0 Å². The first-order valence-corrected chi connectivity index (χ1v) is 7.39. The lowest BCUT2D eigenvalue weighted by atomic mass is 10.2. The van der Waals surface area contributed by atoms with Crippen LogP contribution in [0.3, 0.4) is 0 Å². The summed E-state index contributed by atoms with van der Waals surface area (Å²) in [5.41, 5.74) is 0.103. The van der Waals surface area contributed by atoms with Crippen LogP contribution in [0.4, 0.5) is 4.39 Å². The Morgan fingerprint density at radius 1 is 1.45 bits per heavy atom. The molecule has 4 nitrogen and oxygen atoms in total. The molecule has 20 heavy (non-hydrogen) atoms. The second-order valence-corrected chi connectivity index (χ2v) is 5.82. The van der Waals surface area contributed by atoms with Crippen LogP contribution in [0, 0.1) is 5.82 Å². The normalized spacial score (nSPS) is 18.1. The van der Waals surface area contributed by atoms with Gasteiger partial charge in [0.1, 0.15) is 5.82 Å². The summed E-state index contributed by atoms with van der Waals surface area (Å²) in [6.07, 6.45) is 0.807. The molecule has 1 amide bonds. The number of thioether (sulfide) groups is 1. The van der Waals surface area contributed by atoms with E-state index in [0.29, 0.717) is 13.1 Å². The van der Waals surface area contributed by atoms with E-state index >= 15 is 0 Å². The second kappa shape index (κ2) is 6.74. The third-order valence-corrected chi connectivity index (χ3v) is 4.46. The van der Waals surface area contributed by atoms with Gasteiger partial charge in [-0.05, 0) is 18.6 Å². The molecule has 0 aromatic heterocycles. The van der Waals surface area contributed by atoms with Gasteiger partial charge in [-0.1, -0.05) is 12.1 Å². The van der Waals surface area contributed by atoms with Crippen LogP contribution in [-0.2, 0) is 9.53 Å². The zero-order chi connectivity index (χ0) is 14.5. The predicted molar refractivity (Wildman–Crippen MR) is 75.2 cm³/mol. The number of rotatable bonds is 4. The van der Waals surface area contributed by atoms with E-state index in [9.17, 15) is 14.0 Å². The van der Waals surface area contributed by atoms with Gasteiger partial charge < -0.3 is 9.64 Å². The molecule has 108 valence electrons. The number of methoxy groups -OCH3 is 1. The number of carbonyl (C=O) groups excluding carboxylic acids is 2. The number of benzene rings is 1. The summed E-state index contributed by atoms with van der Waals surface area (Å²) in [5, 5.41) is 0.199. The highest BCUT2D eigenvalue weighted by molar-refractivity contribution is 8.00. The third kappa shape index (κ3) is 3.50. The van der Waals surface area contributed by atoms with Crippen molar-refractivity contribution in [2.24, 2.45) is 0 Å². The van der Waals surface area contributed by atoms with Gasteiger partial charge in [0.2, 0.25) is 0 Å². The molecule has 0 spiro atoms. The van der Waals surface area contributed by atoms with Crippen LogP contribution < -0.4 is 0 Å². The van der Waals surface area contributed by atoms with Crippen molar-refractivity contribution in [3.05, 3.63) is 35.6 Å². The van der Waals surface area contributed by atoms with Crippen molar-refractivity contribution < 1.29 is 18.7 Å². The molecule has 1 aliphatic rings. The summed E-state index contributed by atoms with van der Waals surface area (Å²) in [5.74, 6) is -0.774. The maximum Gasteiger partial charge on any atom is 0.315 e. The molecule has 0 saturated carbocycles. The number of hydrogen-bond donors (Lipinski definition) is 0. The molecular formula is C14H16FNO3S. The van der Waals surface area contributed by atoms with Gasteiger partial charge in [-0.15, -0.1) is 11.8 Å². The standard InChI is InChI=1S/C14H16FNO3S/c1-19-13(17)9-20-10-6-7-16(8-10)14(18)11-4-2-3-5-12(11)15/h2-5,10H,6-9H2,1H3/t10-/m1/s1. The zero-order valence-corrected chi connectivity index (χ0v) is 12.0. The Balaban J connectivity index is 1.91. The average molecular weight is 297 g/mol. The Morgan fingerprint density at radius 2 is 2.20 bits per heavy atom. The van der Waals surface area contributed by atoms with Gasteiger partial charge >= 0.3 is 5.97 Å². The minimum Gasteiger partial charge on any atom is -0.468 e. The maximum absolute atomic E-state index is 13.6. The van der Waals surface area contributed by atoms with Crippen LogP contribution in [0.25, 0.3) is 0 Å². The van der Waals surface area contributed by atoms with Crippen molar-refractivity contribution in [1.29, 1.82) is 0 Å². The Labute approximate surface area is 121 Å². The summed E-state index contributed by atoms with van der Waals surface area (Å²) in [7, 11) is 1.35. The summed E-state index contributed by atoms with van der Waals surface area (Å²) < 4.78 is 18.2. The molecule has 1 fully saturated rings. The van der Waals surface area contributed by atoms with E-state index in [-0.39, 0.29) is 28.4 Å². The molecule has 1 aliphatic heterocycles. The molecular weight excluding hydrogens is 281 g/mol. The van der Waals surface area contributed by atoms with Gasteiger partial charge in [0.05, 0.1) is 18.4 Å². The number of amides is 1. The van der Waals surface area contributed by atoms with Crippen LogP contribution in [0.1, 0.15) is 16.8 Å². The molecule has 1 atom stereocenters. The van der Waals surface area contributed by atoms with Gasteiger partial charge in [-0.25, -0.2) is 4.39 Å². The van der Waals surface area contributed by atoms with E-state index < -0.39 is 5.82 Å². The number of esters is 1. The molecule has 2 rings (SSSR count). The fraction of sp³-hybridized carbons (Fsp3) is 0.429. The van der Waals surface area contributed by atoms with Crippen molar-refractivity contribution in [2.45, 2.75) is 11.7 Å². The van der Waals surface area contributed by atoms with Gasteiger partial charge in [-0.3, -0.25) is 9.59 Å². The lowest BCUT2D eigenvalue weighted by molar-refractivity contribution is -0.137. The lowest BCUT2D eigenvalue weighted by Gasteiger charge is -2.16. The number of likely N-dealkylation sites (tertiary alicyclic amines) is 1. The number of halogens is 1. The summed E-state index contributed by atoms with van der Waals surface area (Å²) in [6, 6.07) is 5.99. The molecule has 1 saturated heterocycles. The first kappa shape index (κ1) is 14.8. The quantitative estimate of drug-likeness (QED) is 0.797. The highest BCUT2D eigenvalue weighted by Crippen LogP contribution is 2.24. The summed E-state index contributed by atoms with van der Waals surface area (Å²) >= 11 is 1.48. The first-order chi connectivity index (χ1) is 9.61. The number of hydrogen-bond acceptors (Lipinski definition) is 4. The van der Waals surface area contributed by atoms with E-state index in [4.69, 9.17) is 0 Å². The highest BCUT2D eigenvalue weighted by atomic mass is 32.2. The van der Waals surface area contributed by atoms with E-state index in [1.807, 2.05) is 0 Å². The van der Waals surface area contributed by atoms with E-state index in [2.05, 4.69) is 4.74 Å². The minimum absolute atomic E-state index is 0.103. The van der Waals surface area contributed by atoms with Crippen LogP contribution in [0.2, 0.25) is 0 Å². The molecule has 0 unspecified atom stereocenters. The molecule has 1 heterocycles. The molecule has 1 aromatic carbocycles. The van der Waals surface area contributed by atoms with E-state index in [1.54, 1.807) is 17.0 Å². The number of ether oxygens (including phenoxy) is 1. The topological polar surface area (TPSA) is 46.6 Å². The third-order valence-electron chi connectivity index (χ3n) is 3.20. The van der Waals surface area contributed by atoms with Gasteiger partial charge in [0.25, 0.3) is 5.91 Å². The number of nitrogens with zero attached hydrogens (tertiary/aromatic N) is 1. The van der Waals surface area contributed by atoms with Gasteiger partial charge in [-0.2, -0.15) is 0 Å². The molecule has 0 N–H and O–H groups in total. The van der Waals surface area contributed by atoms with Crippen molar-refractivity contribution >= 4 is 23.6 Å². The molecule has 0 radical (unpaired) electrons. The summed E-state index contributed by atoms with van der Waals surface area (Å²) in [6.45, 7) is 1.13. The molecule has 0 aliphatic carbocycles. The minimum atomic E-state index is -0.497. The average Bonchev–Trinajstić information content (AvgIpc) is 2.93. The van der Waals surface area contributed by atoms with Crippen LogP contribution >= 0.6 is 11.8 Å². The van der Waals surface area contributed by atoms with Crippen molar-refractivity contribution in [3.63, 3.8) is 0 Å². The Bertz CT molecular complexity index is 509. The van der Waals surface area contributed by atoms with Crippen molar-refractivity contribution in [1.82, 2.24) is 4.90 Å². The Morgan fingerprint density at radius 3 is 2.90 bits per heavy atom. The van der Waals surface area contributed by atoms with Crippen molar-refractivity contribution in [2.75, 3.05) is 26.0 Å². The molecule has 0 bridgehead atoms. The first-order valence-electron chi connectivity index (χ1n) is 6.34. The Hall–Kier alpha value is -1.56. The smallest absolute Gasteiger partial charge is 0.315 e. The zero-order valence-electron chi connectivity index (χ0n) is 11.2. The van der Waals surface area contributed by atoms with Crippen LogP contribution in [0.15, 0.2) is 24.3 Å². The SMILES string of the molecule is COC(=O)CS[C@@H]1CCN(C(=O)c2ccccc2F)C1.